The lowest BCUT2D eigenvalue weighted by Crippen LogP contribution is -2.30. The Kier molecular flexibility index (Phi) is 4.81. The molecule has 0 aliphatic heterocycles. The van der Waals surface area contributed by atoms with E-state index < -0.39 is 0 Å². The molecule has 1 fully saturated rings. The summed E-state index contributed by atoms with van der Waals surface area (Å²) < 4.78 is 5.88. The molecule has 2 rings (SSSR count). The SMILES string of the molecule is Cc1ccc(OCC2CCCCC2CN)c(C#N)c1. The van der Waals surface area contributed by atoms with Crippen LogP contribution in [0.3, 0.4) is 0 Å². The van der Waals surface area contributed by atoms with E-state index in [1.807, 2.05) is 25.1 Å². The van der Waals surface area contributed by atoms with Crippen molar-refractivity contribution in [2.45, 2.75) is 32.6 Å². The Labute approximate surface area is 115 Å². The van der Waals surface area contributed by atoms with Crippen LogP contribution in [-0.4, -0.2) is 13.2 Å². The van der Waals surface area contributed by atoms with Gasteiger partial charge in [0.05, 0.1) is 12.2 Å². The molecule has 0 spiro atoms. The van der Waals surface area contributed by atoms with Gasteiger partial charge in [-0.25, -0.2) is 0 Å². The number of benzene rings is 1. The van der Waals surface area contributed by atoms with Gasteiger partial charge in [0.25, 0.3) is 0 Å². The van der Waals surface area contributed by atoms with Crippen molar-refractivity contribution in [3.05, 3.63) is 29.3 Å². The van der Waals surface area contributed by atoms with Crippen LogP contribution in [0.25, 0.3) is 0 Å². The molecule has 0 aromatic heterocycles. The summed E-state index contributed by atoms with van der Waals surface area (Å²) in [5.41, 5.74) is 7.54. The van der Waals surface area contributed by atoms with Crippen molar-refractivity contribution < 1.29 is 4.74 Å². The van der Waals surface area contributed by atoms with E-state index in [9.17, 15) is 0 Å². The normalized spacial score (nSPS) is 22.8. The van der Waals surface area contributed by atoms with Gasteiger partial charge in [-0.1, -0.05) is 18.9 Å². The average Bonchev–Trinajstić information content (AvgIpc) is 2.46. The molecule has 2 N–H and O–H groups in total. The van der Waals surface area contributed by atoms with Gasteiger partial charge in [0.2, 0.25) is 0 Å². The Morgan fingerprint density at radius 2 is 2.05 bits per heavy atom. The van der Waals surface area contributed by atoms with Crippen LogP contribution >= 0.6 is 0 Å². The Morgan fingerprint density at radius 1 is 1.32 bits per heavy atom. The summed E-state index contributed by atoms with van der Waals surface area (Å²) in [6.07, 6.45) is 4.95. The van der Waals surface area contributed by atoms with Crippen LogP contribution in [0.1, 0.15) is 36.8 Å². The van der Waals surface area contributed by atoms with Crippen LogP contribution in [-0.2, 0) is 0 Å². The molecule has 1 aliphatic carbocycles. The van der Waals surface area contributed by atoms with Crippen LogP contribution < -0.4 is 10.5 Å². The second kappa shape index (κ2) is 6.58. The second-order valence-electron chi connectivity index (χ2n) is 5.46. The van der Waals surface area contributed by atoms with Crippen molar-refractivity contribution in [1.82, 2.24) is 0 Å². The summed E-state index contributed by atoms with van der Waals surface area (Å²) in [6.45, 7) is 3.41. The zero-order valence-corrected chi connectivity index (χ0v) is 11.6. The number of ether oxygens (including phenoxy) is 1. The largest absolute Gasteiger partial charge is 0.492 e. The molecule has 1 saturated carbocycles. The van der Waals surface area contributed by atoms with Crippen LogP contribution in [0, 0.1) is 30.1 Å². The van der Waals surface area contributed by atoms with E-state index in [0.29, 0.717) is 29.8 Å². The number of hydrogen-bond acceptors (Lipinski definition) is 3. The monoisotopic (exact) mass is 258 g/mol. The molecular formula is C16H22N2O. The van der Waals surface area contributed by atoms with Crippen molar-refractivity contribution in [1.29, 1.82) is 5.26 Å². The molecule has 0 amide bonds. The summed E-state index contributed by atoms with van der Waals surface area (Å²) in [7, 11) is 0. The van der Waals surface area contributed by atoms with Gasteiger partial charge in [0.15, 0.2) is 0 Å². The minimum atomic E-state index is 0.534. The number of nitriles is 1. The topological polar surface area (TPSA) is 59.0 Å². The predicted molar refractivity (Wildman–Crippen MR) is 75.9 cm³/mol. The van der Waals surface area contributed by atoms with E-state index in [4.69, 9.17) is 15.7 Å². The van der Waals surface area contributed by atoms with Crippen LogP contribution in [0.5, 0.6) is 5.75 Å². The lowest BCUT2D eigenvalue weighted by Gasteiger charge is -2.30. The van der Waals surface area contributed by atoms with Crippen LogP contribution in [0.15, 0.2) is 18.2 Å². The molecule has 0 radical (unpaired) electrons. The first-order valence-electron chi connectivity index (χ1n) is 7.08. The minimum absolute atomic E-state index is 0.534. The van der Waals surface area contributed by atoms with E-state index in [1.54, 1.807) is 0 Å². The summed E-state index contributed by atoms with van der Waals surface area (Å²) in [5.74, 6) is 1.81. The van der Waals surface area contributed by atoms with E-state index >= 15 is 0 Å². The van der Waals surface area contributed by atoms with Gasteiger partial charge >= 0.3 is 0 Å². The fraction of sp³-hybridized carbons (Fsp3) is 0.562. The number of hydrogen-bond donors (Lipinski definition) is 1. The second-order valence-corrected chi connectivity index (χ2v) is 5.46. The third-order valence-corrected chi connectivity index (χ3v) is 4.08. The van der Waals surface area contributed by atoms with Gasteiger partial charge in [0, 0.05) is 0 Å². The van der Waals surface area contributed by atoms with Gasteiger partial charge in [-0.15, -0.1) is 0 Å². The molecule has 2 atom stereocenters. The Hall–Kier alpha value is -1.53. The highest BCUT2D eigenvalue weighted by atomic mass is 16.5. The molecule has 3 heteroatoms. The highest BCUT2D eigenvalue weighted by molar-refractivity contribution is 5.45. The maximum Gasteiger partial charge on any atom is 0.137 e. The smallest absolute Gasteiger partial charge is 0.137 e. The molecule has 0 saturated heterocycles. The van der Waals surface area contributed by atoms with E-state index in [1.165, 1.54) is 25.7 Å². The van der Waals surface area contributed by atoms with Crippen molar-refractivity contribution in [3.8, 4) is 11.8 Å². The van der Waals surface area contributed by atoms with Gasteiger partial charge < -0.3 is 10.5 Å². The first kappa shape index (κ1) is 13.9. The first-order chi connectivity index (χ1) is 9.24. The average molecular weight is 258 g/mol. The highest BCUT2D eigenvalue weighted by Gasteiger charge is 2.24. The minimum Gasteiger partial charge on any atom is -0.492 e. The Morgan fingerprint density at radius 3 is 2.74 bits per heavy atom. The number of nitrogens with two attached hydrogens (primary N) is 1. The zero-order chi connectivity index (χ0) is 13.7. The molecule has 0 heterocycles. The molecule has 19 heavy (non-hydrogen) atoms. The number of nitrogens with zero attached hydrogens (tertiary/aromatic N) is 1. The lowest BCUT2D eigenvalue weighted by molar-refractivity contribution is 0.153. The third-order valence-electron chi connectivity index (χ3n) is 4.08. The molecular weight excluding hydrogens is 236 g/mol. The summed E-state index contributed by atoms with van der Waals surface area (Å²) in [6, 6.07) is 7.95. The van der Waals surface area contributed by atoms with E-state index in [-0.39, 0.29) is 0 Å². The number of rotatable bonds is 4. The Bertz CT molecular complexity index is 464. The quantitative estimate of drug-likeness (QED) is 0.903. The molecule has 0 bridgehead atoms. The zero-order valence-electron chi connectivity index (χ0n) is 11.6. The fourth-order valence-corrected chi connectivity index (χ4v) is 2.87. The van der Waals surface area contributed by atoms with Crippen molar-refractivity contribution in [3.63, 3.8) is 0 Å². The highest BCUT2D eigenvalue weighted by Crippen LogP contribution is 2.30. The molecule has 102 valence electrons. The summed E-state index contributed by atoms with van der Waals surface area (Å²) in [4.78, 5) is 0. The maximum atomic E-state index is 9.13. The molecule has 2 unspecified atom stereocenters. The first-order valence-corrected chi connectivity index (χ1v) is 7.08. The lowest BCUT2D eigenvalue weighted by atomic mass is 9.80. The summed E-state index contributed by atoms with van der Waals surface area (Å²) >= 11 is 0. The third kappa shape index (κ3) is 3.48. The maximum absolute atomic E-state index is 9.13. The molecule has 1 aromatic rings. The summed E-state index contributed by atoms with van der Waals surface area (Å²) in [5, 5.41) is 9.13. The fourth-order valence-electron chi connectivity index (χ4n) is 2.87. The van der Waals surface area contributed by atoms with Crippen molar-refractivity contribution >= 4 is 0 Å². The molecule has 1 aromatic carbocycles. The molecule has 1 aliphatic rings. The van der Waals surface area contributed by atoms with E-state index in [0.717, 1.165) is 12.1 Å². The predicted octanol–water partition coefficient (Wildman–Crippen LogP) is 3.01. The van der Waals surface area contributed by atoms with Crippen molar-refractivity contribution in [2.24, 2.45) is 17.6 Å². The molecule has 3 nitrogen and oxygen atoms in total. The van der Waals surface area contributed by atoms with E-state index in [2.05, 4.69) is 6.07 Å². The number of aryl methyl sites for hydroxylation is 1. The van der Waals surface area contributed by atoms with Gasteiger partial charge in [-0.2, -0.15) is 5.26 Å². The van der Waals surface area contributed by atoms with Crippen LogP contribution in [0.4, 0.5) is 0 Å². The van der Waals surface area contributed by atoms with Crippen LogP contribution in [0.2, 0.25) is 0 Å². The van der Waals surface area contributed by atoms with Gasteiger partial charge in [0.1, 0.15) is 11.8 Å². The standard InChI is InChI=1S/C16H22N2O/c1-12-6-7-16(15(8-12)10-18)19-11-14-5-3-2-4-13(14)9-17/h6-8,13-14H,2-5,9,11,17H2,1H3. The van der Waals surface area contributed by atoms with Gasteiger partial charge in [-0.3, -0.25) is 0 Å². The van der Waals surface area contributed by atoms with Crippen molar-refractivity contribution in [2.75, 3.05) is 13.2 Å². The Balaban J connectivity index is 2.00. The van der Waals surface area contributed by atoms with Gasteiger partial charge in [-0.05, 0) is 55.8 Å².